The molecule has 0 aromatic heterocycles. The van der Waals surface area contributed by atoms with Crippen LogP contribution in [-0.2, 0) is 6.54 Å². The van der Waals surface area contributed by atoms with Gasteiger partial charge in [0.1, 0.15) is 5.82 Å². The van der Waals surface area contributed by atoms with Crippen LogP contribution in [0.25, 0.3) is 0 Å². The van der Waals surface area contributed by atoms with E-state index in [1.165, 1.54) is 0 Å². The molecule has 0 amide bonds. The number of nitrogens with one attached hydrogen (secondary N) is 1. The lowest BCUT2D eigenvalue weighted by Gasteiger charge is -2.19. The summed E-state index contributed by atoms with van der Waals surface area (Å²) in [5, 5.41) is 3.29. The molecule has 1 rings (SSSR count). The van der Waals surface area contributed by atoms with E-state index in [4.69, 9.17) is 0 Å². The van der Waals surface area contributed by atoms with E-state index in [2.05, 4.69) is 30.1 Å². The number of anilines is 1. The van der Waals surface area contributed by atoms with Crippen molar-refractivity contribution in [3.05, 3.63) is 29.6 Å². The molecule has 17 heavy (non-hydrogen) atoms. The highest BCUT2D eigenvalue weighted by Gasteiger charge is 2.04. The summed E-state index contributed by atoms with van der Waals surface area (Å²) >= 11 is 0. The lowest BCUT2D eigenvalue weighted by molar-refractivity contribution is 0.618. The van der Waals surface area contributed by atoms with Gasteiger partial charge >= 0.3 is 0 Å². The van der Waals surface area contributed by atoms with E-state index >= 15 is 0 Å². The van der Waals surface area contributed by atoms with E-state index in [1.807, 2.05) is 7.05 Å². The molecule has 0 radical (unpaired) electrons. The Labute approximate surface area is 104 Å². The number of hydrogen-bond acceptors (Lipinski definition) is 2. The first-order valence-electron chi connectivity index (χ1n) is 6.38. The predicted octanol–water partition coefficient (Wildman–Crippen LogP) is 3.17. The van der Waals surface area contributed by atoms with Gasteiger partial charge in [0.15, 0.2) is 0 Å². The minimum Gasteiger partial charge on any atom is -0.375 e. The number of hydrogen-bond donors (Lipinski definition) is 1. The van der Waals surface area contributed by atoms with Crippen molar-refractivity contribution in [3.63, 3.8) is 0 Å². The number of benzene rings is 1. The standard InChI is InChI=1S/C14H23FN2/c1-4-6-16-11-12-8-13(15)10-14(9-12)17(3)7-5-2/h8-10,16H,4-7,11H2,1-3H3. The number of halogens is 1. The molecule has 96 valence electrons. The monoisotopic (exact) mass is 238 g/mol. The fourth-order valence-corrected chi connectivity index (χ4v) is 1.83. The maximum atomic E-state index is 13.5. The Morgan fingerprint density at radius 2 is 1.94 bits per heavy atom. The van der Waals surface area contributed by atoms with Gasteiger partial charge in [-0.1, -0.05) is 13.8 Å². The third kappa shape index (κ3) is 4.73. The fourth-order valence-electron chi connectivity index (χ4n) is 1.83. The van der Waals surface area contributed by atoms with Gasteiger partial charge in [-0.05, 0) is 43.1 Å². The third-order valence-corrected chi connectivity index (χ3v) is 2.70. The molecule has 0 aliphatic rings. The summed E-state index contributed by atoms with van der Waals surface area (Å²) in [6.45, 7) is 6.90. The van der Waals surface area contributed by atoms with E-state index in [0.29, 0.717) is 0 Å². The molecular formula is C14H23FN2. The Balaban J connectivity index is 2.71. The van der Waals surface area contributed by atoms with Crippen molar-refractivity contribution in [2.75, 3.05) is 25.0 Å². The average molecular weight is 238 g/mol. The van der Waals surface area contributed by atoms with Crippen molar-refractivity contribution >= 4 is 5.69 Å². The minimum absolute atomic E-state index is 0.154. The van der Waals surface area contributed by atoms with Crippen molar-refractivity contribution in [2.24, 2.45) is 0 Å². The Morgan fingerprint density at radius 1 is 1.18 bits per heavy atom. The van der Waals surface area contributed by atoms with Gasteiger partial charge in [0, 0.05) is 25.8 Å². The highest BCUT2D eigenvalue weighted by Crippen LogP contribution is 2.17. The van der Waals surface area contributed by atoms with E-state index < -0.39 is 0 Å². The Bertz CT molecular complexity index is 339. The molecule has 1 N–H and O–H groups in total. The highest BCUT2D eigenvalue weighted by atomic mass is 19.1. The van der Waals surface area contributed by atoms with Crippen molar-refractivity contribution < 1.29 is 4.39 Å². The zero-order valence-electron chi connectivity index (χ0n) is 11.1. The molecule has 0 aliphatic carbocycles. The summed E-state index contributed by atoms with van der Waals surface area (Å²) in [4.78, 5) is 2.09. The second-order valence-corrected chi connectivity index (χ2v) is 4.42. The molecule has 0 spiro atoms. The van der Waals surface area contributed by atoms with Crippen LogP contribution in [-0.4, -0.2) is 20.1 Å². The lowest BCUT2D eigenvalue weighted by atomic mass is 10.1. The Morgan fingerprint density at radius 3 is 2.59 bits per heavy atom. The maximum absolute atomic E-state index is 13.5. The molecule has 0 atom stereocenters. The SMILES string of the molecule is CCCNCc1cc(F)cc(N(C)CCC)c1. The van der Waals surface area contributed by atoms with E-state index in [0.717, 1.165) is 43.7 Å². The number of rotatable bonds is 7. The molecule has 1 aromatic rings. The summed E-state index contributed by atoms with van der Waals surface area (Å²) in [6, 6.07) is 5.26. The molecular weight excluding hydrogens is 215 g/mol. The smallest absolute Gasteiger partial charge is 0.125 e. The summed E-state index contributed by atoms with van der Waals surface area (Å²) in [7, 11) is 2.00. The van der Waals surface area contributed by atoms with Gasteiger partial charge in [0.25, 0.3) is 0 Å². The third-order valence-electron chi connectivity index (χ3n) is 2.70. The molecule has 0 unspecified atom stereocenters. The zero-order chi connectivity index (χ0) is 12.7. The normalized spacial score (nSPS) is 10.6. The minimum atomic E-state index is -0.154. The van der Waals surface area contributed by atoms with Crippen molar-refractivity contribution in [2.45, 2.75) is 33.2 Å². The molecule has 2 nitrogen and oxygen atoms in total. The van der Waals surface area contributed by atoms with Gasteiger partial charge in [-0.3, -0.25) is 0 Å². The van der Waals surface area contributed by atoms with Gasteiger partial charge in [0.05, 0.1) is 0 Å². The number of nitrogens with zero attached hydrogens (tertiary/aromatic N) is 1. The van der Waals surface area contributed by atoms with Crippen LogP contribution < -0.4 is 10.2 Å². The highest BCUT2D eigenvalue weighted by molar-refractivity contribution is 5.48. The average Bonchev–Trinajstić information content (AvgIpc) is 2.29. The first-order chi connectivity index (χ1) is 8.17. The van der Waals surface area contributed by atoms with Crippen LogP contribution in [0.15, 0.2) is 18.2 Å². The van der Waals surface area contributed by atoms with Gasteiger partial charge in [0.2, 0.25) is 0 Å². The summed E-state index contributed by atoms with van der Waals surface area (Å²) in [5.74, 6) is -0.154. The summed E-state index contributed by atoms with van der Waals surface area (Å²) in [6.07, 6.45) is 2.16. The van der Waals surface area contributed by atoms with Crippen molar-refractivity contribution in [1.29, 1.82) is 0 Å². The second-order valence-electron chi connectivity index (χ2n) is 4.42. The van der Waals surface area contributed by atoms with Crippen LogP contribution in [0.4, 0.5) is 10.1 Å². The van der Waals surface area contributed by atoms with Crippen molar-refractivity contribution in [3.8, 4) is 0 Å². The molecule has 0 bridgehead atoms. The van der Waals surface area contributed by atoms with Gasteiger partial charge in [-0.15, -0.1) is 0 Å². The summed E-state index contributed by atoms with van der Waals surface area (Å²) in [5.41, 5.74) is 1.97. The molecule has 1 aromatic carbocycles. The first-order valence-corrected chi connectivity index (χ1v) is 6.38. The zero-order valence-corrected chi connectivity index (χ0v) is 11.1. The van der Waals surface area contributed by atoms with E-state index in [9.17, 15) is 4.39 Å². The largest absolute Gasteiger partial charge is 0.375 e. The Hall–Kier alpha value is -1.09. The lowest BCUT2D eigenvalue weighted by Crippen LogP contribution is -2.19. The maximum Gasteiger partial charge on any atom is 0.125 e. The van der Waals surface area contributed by atoms with E-state index in [-0.39, 0.29) is 5.82 Å². The van der Waals surface area contributed by atoms with E-state index in [1.54, 1.807) is 12.1 Å². The summed E-state index contributed by atoms with van der Waals surface area (Å²) < 4.78 is 13.5. The molecule has 3 heteroatoms. The molecule has 0 fully saturated rings. The van der Waals surface area contributed by atoms with Gasteiger partial charge in [-0.2, -0.15) is 0 Å². The van der Waals surface area contributed by atoms with Crippen LogP contribution in [0.5, 0.6) is 0 Å². The van der Waals surface area contributed by atoms with Crippen LogP contribution in [0.3, 0.4) is 0 Å². The van der Waals surface area contributed by atoms with Gasteiger partial charge in [-0.25, -0.2) is 4.39 Å². The topological polar surface area (TPSA) is 15.3 Å². The quantitative estimate of drug-likeness (QED) is 0.734. The Kier molecular flexibility index (Phi) is 5.98. The van der Waals surface area contributed by atoms with Crippen LogP contribution in [0.2, 0.25) is 0 Å². The van der Waals surface area contributed by atoms with Crippen LogP contribution in [0, 0.1) is 5.82 Å². The van der Waals surface area contributed by atoms with Gasteiger partial charge < -0.3 is 10.2 Å². The van der Waals surface area contributed by atoms with Crippen LogP contribution in [0.1, 0.15) is 32.3 Å². The molecule has 0 saturated carbocycles. The predicted molar refractivity (Wildman–Crippen MR) is 72.0 cm³/mol. The molecule has 0 saturated heterocycles. The molecule has 0 heterocycles. The fraction of sp³-hybridized carbons (Fsp3) is 0.571. The first kappa shape index (κ1) is 14.0. The van der Waals surface area contributed by atoms with Crippen molar-refractivity contribution in [1.82, 2.24) is 5.32 Å². The second kappa shape index (κ2) is 7.28. The van der Waals surface area contributed by atoms with Crippen LogP contribution >= 0.6 is 0 Å². The molecule has 0 aliphatic heterocycles.